The summed E-state index contributed by atoms with van der Waals surface area (Å²) in [4.78, 5) is 13.0. The molecular weight excluding hydrogens is 289 g/mol. The Bertz CT molecular complexity index is 654. The second-order valence-corrected chi connectivity index (χ2v) is 5.09. The van der Waals surface area contributed by atoms with Gasteiger partial charge in [-0.3, -0.25) is 4.79 Å². The van der Waals surface area contributed by atoms with Crippen molar-refractivity contribution in [3.05, 3.63) is 30.1 Å². The Morgan fingerprint density at radius 2 is 2.41 bits per heavy atom. The van der Waals surface area contributed by atoms with Crippen LogP contribution in [0.3, 0.4) is 0 Å². The Balaban J connectivity index is 1.55. The van der Waals surface area contributed by atoms with E-state index in [4.69, 9.17) is 4.74 Å². The highest BCUT2D eigenvalue weighted by atomic mass is 19.1. The van der Waals surface area contributed by atoms with Crippen LogP contribution in [0.15, 0.2) is 24.3 Å². The van der Waals surface area contributed by atoms with E-state index in [1.807, 2.05) is 0 Å². The molecule has 0 radical (unpaired) electrons. The summed E-state index contributed by atoms with van der Waals surface area (Å²) >= 11 is 0. The summed E-state index contributed by atoms with van der Waals surface area (Å²) in [6, 6.07) is 5.91. The number of carbonyl (C=O) groups excluding carboxylic acids is 1. The van der Waals surface area contributed by atoms with Crippen molar-refractivity contribution in [3.63, 3.8) is 0 Å². The normalized spacial score (nSPS) is 17.6. The molecule has 1 aliphatic heterocycles. The maximum Gasteiger partial charge on any atom is 0.243 e. The van der Waals surface area contributed by atoms with E-state index in [0.717, 1.165) is 19.4 Å². The standard InChI is InChI=1S/C14H16FN5O2/c15-11-4-1-3-10(7-11)14-17-19-20(18-14)9-13(21)16-8-12-5-2-6-22-12/h1,3-4,7,12H,2,5-6,8-9H2,(H,16,21). The molecule has 116 valence electrons. The van der Waals surface area contributed by atoms with Gasteiger partial charge in [-0.2, -0.15) is 4.80 Å². The van der Waals surface area contributed by atoms with Crippen molar-refractivity contribution in [3.8, 4) is 11.4 Å². The number of halogens is 1. The van der Waals surface area contributed by atoms with Crippen molar-refractivity contribution in [1.82, 2.24) is 25.5 Å². The summed E-state index contributed by atoms with van der Waals surface area (Å²) in [6.45, 7) is 1.21. The van der Waals surface area contributed by atoms with E-state index in [1.165, 1.54) is 16.9 Å². The number of carbonyl (C=O) groups is 1. The number of rotatable bonds is 5. The van der Waals surface area contributed by atoms with E-state index in [2.05, 4.69) is 20.7 Å². The molecule has 0 spiro atoms. The number of nitrogens with one attached hydrogen (secondary N) is 1. The number of hydrogen-bond donors (Lipinski definition) is 1. The lowest BCUT2D eigenvalue weighted by atomic mass is 10.2. The first-order valence-electron chi connectivity index (χ1n) is 7.13. The second-order valence-electron chi connectivity index (χ2n) is 5.09. The van der Waals surface area contributed by atoms with E-state index in [-0.39, 0.29) is 30.2 Å². The van der Waals surface area contributed by atoms with Crippen molar-refractivity contribution in [2.24, 2.45) is 0 Å². The van der Waals surface area contributed by atoms with Gasteiger partial charge in [0.1, 0.15) is 12.4 Å². The zero-order chi connectivity index (χ0) is 15.4. The molecule has 1 fully saturated rings. The van der Waals surface area contributed by atoms with E-state index in [1.54, 1.807) is 12.1 Å². The van der Waals surface area contributed by atoms with Gasteiger partial charge in [0, 0.05) is 18.7 Å². The van der Waals surface area contributed by atoms with E-state index >= 15 is 0 Å². The monoisotopic (exact) mass is 305 g/mol. The highest BCUT2D eigenvalue weighted by Gasteiger charge is 2.16. The molecule has 1 aliphatic rings. The van der Waals surface area contributed by atoms with Crippen molar-refractivity contribution >= 4 is 5.91 Å². The van der Waals surface area contributed by atoms with Crippen LogP contribution in [-0.2, 0) is 16.1 Å². The van der Waals surface area contributed by atoms with Crippen molar-refractivity contribution < 1.29 is 13.9 Å². The topological polar surface area (TPSA) is 81.9 Å². The number of aromatic nitrogens is 4. The Morgan fingerprint density at radius 1 is 1.50 bits per heavy atom. The SMILES string of the molecule is O=C(Cn1nnc(-c2cccc(F)c2)n1)NCC1CCCO1. The first-order chi connectivity index (χ1) is 10.7. The quantitative estimate of drug-likeness (QED) is 0.882. The van der Waals surface area contributed by atoms with E-state index in [9.17, 15) is 9.18 Å². The molecule has 8 heteroatoms. The Kier molecular flexibility index (Phi) is 4.38. The summed E-state index contributed by atoms with van der Waals surface area (Å²) in [5, 5.41) is 14.5. The minimum absolute atomic E-state index is 0.0327. The zero-order valence-corrected chi connectivity index (χ0v) is 11.9. The van der Waals surface area contributed by atoms with Crippen LogP contribution in [0.1, 0.15) is 12.8 Å². The number of hydrogen-bond acceptors (Lipinski definition) is 5. The third kappa shape index (κ3) is 3.64. The van der Waals surface area contributed by atoms with Gasteiger partial charge >= 0.3 is 0 Å². The molecule has 2 heterocycles. The van der Waals surface area contributed by atoms with Gasteiger partial charge in [0.05, 0.1) is 6.10 Å². The maximum atomic E-state index is 13.2. The predicted molar refractivity (Wildman–Crippen MR) is 75.2 cm³/mol. The molecule has 2 aromatic rings. The molecule has 1 aromatic carbocycles. The molecule has 0 saturated carbocycles. The molecule has 0 bridgehead atoms. The molecule has 1 atom stereocenters. The average molecular weight is 305 g/mol. The number of amides is 1. The second kappa shape index (κ2) is 6.61. The molecule has 3 rings (SSSR count). The smallest absolute Gasteiger partial charge is 0.243 e. The minimum Gasteiger partial charge on any atom is -0.376 e. The van der Waals surface area contributed by atoms with Crippen LogP contribution in [0, 0.1) is 5.82 Å². The zero-order valence-electron chi connectivity index (χ0n) is 11.9. The highest BCUT2D eigenvalue weighted by molar-refractivity contribution is 5.75. The van der Waals surface area contributed by atoms with E-state index < -0.39 is 0 Å². The molecule has 1 amide bonds. The van der Waals surface area contributed by atoms with Gasteiger partial charge in [-0.1, -0.05) is 12.1 Å². The fraction of sp³-hybridized carbons (Fsp3) is 0.429. The molecule has 1 N–H and O–H groups in total. The molecule has 1 aromatic heterocycles. The van der Waals surface area contributed by atoms with Gasteiger partial charge < -0.3 is 10.1 Å². The van der Waals surface area contributed by atoms with Crippen LogP contribution in [-0.4, -0.2) is 45.4 Å². The number of tetrazole rings is 1. The fourth-order valence-corrected chi connectivity index (χ4v) is 2.27. The van der Waals surface area contributed by atoms with Crippen molar-refractivity contribution in [1.29, 1.82) is 0 Å². The Hall–Kier alpha value is -2.35. The molecule has 0 aliphatic carbocycles. The van der Waals surface area contributed by atoms with Crippen LogP contribution in [0.5, 0.6) is 0 Å². The minimum atomic E-state index is -0.372. The number of ether oxygens (including phenoxy) is 1. The molecule has 22 heavy (non-hydrogen) atoms. The van der Waals surface area contributed by atoms with Gasteiger partial charge in [-0.25, -0.2) is 4.39 Å². The Morgan fingerprint density at radius 3 is 3.18 bits per heavy atom. The number of nitrogens with zero attached hydrogens (tertiary/aromatic N) is 4. The third-order valence-electron chi connectivity index (χ3n) is 3.37. The number of benzene rings is 1. The molecule has 1 unspecified atom stereocenters. The van der Waals surface area contributed by atoms with Gasteiger partial charge in [-0.05, 0) is 30.2 Å². The molecule has 7 nitrogen and oxygen atoms in total. The fourth-order valence-electron chi connectivity index (χ4n) is 2.27. The van der Waals surface area contributed by atoms with Gasteiger partial charge in [-0.15, -0.1) is 10.2 Å². The summed E-state index contributed by atoms with van der Waals surface area (Å²) in [6.07, 6.45) is 2.09. The summed E-state index contributed by atoms with van der Waals surface area (Å²) in [5.41, 5.74) is 0.519. The summed E-state index contributed by atoms with van der Waals surface area (Å²) in [7, 11) is 0. The van der Waals surface area contributed by atoms with Crippen LogP contribution in [0.25, 0.3) is 11.4 Å². The highest BCUT2D eigenvalue weighted by Crippen LogP contribution is 2.14. The van der Waals surface area contributed by atoms with Crippen LogP contribution in [0.4, 0.5) is 4.39 Å². The van der Waals surface area contributed by atoms with Crippen molar-refractivity contribution in [2.45, 2.75) is 25.5 Å². The summed E-state index contributed by atoms with van der Waals surface area (Å²) in [5.74, 6) is -0.298. The first kappa shape index (κ1) is 14.6. The summed E-state index contributed by atoms with van der Waals surface area (Å²) < 4.78 is 18.6. The van der Waals surface area contributed by atoms with Crippen molar-refractivity contribution in [2.75, 3.05) is 13.2 Å². The third-order valence-corrected chi connectivity index (χ3v) is 3.37. The van der Waals surface area contributed by atoms with Gasteiger partial charge in [0.15, 0.2) is 0 Å². The molecule has 1 saturated heterocycles. The van der Waals surface area contributed by atoms with Crippen LogP contribution >= 0.6 is 0 Å². The van der Waals surface area contributed by atoms with Gasteiger partial charge in [0.2, 0.25) is 11.7 Å². The lowest BCUT2D eigenvalue weighted by molar-refractivity contribution is -0.122. The Labute approximate surface area is 126 Å². The van der Waals surface area contributed by atoms with E-state index in [0.29, 0.717) is 12.1 Å². The first-order valence-corrected chi connectivity index (χ1v) is 7.13. The predicted octanol–water partition coefficient (Wildman–Crippen LogP) is 0.774. The lowest BCUT2D eigenvalue weighted by Gasteiger charge is -2.10. The average Bonchev–Trinajstić information content (AvgIpc) is 3.16. The lowest BCUT2D eigenvalue weighted by Crippen LogP contribution is -2.34. The molecular formula is C14H16FN5O2. The van der Waals surface area contributed by atoms with Gasteiger partial charge in [0.25, 0.3) is 0 Å². The maximum absolute atomic E-state index is 13.2. The van der Waals surface area contributed by atoms with Crippen LogP contribution in [0.2, 0.25) is 0 Å². The van der Waals surface area contributed by atoms with Crippen LogP contribution < -0.4 is 5.32 Å². The largest absolute Gasteiger partial charge is 0.376 e.